The Morgan fingerprint density at radius 3 is 2.95 bits per heavy atom. The first-order chi connectivity index (χ1) is 10.6. The van der Waals surface area contributed by atoms with Crippen LogP contribution in [0.5, 0.6) is 0 Å². The van der Waals surface area contributed by atoms with Gasteiger partial charge in [-0.2, -0.15) is 5.10 Å². The van der Waals surface area contributed by atoms with Crippen LogP contribution in [-0.4, -0.2) is 38.6 Å². The van der Waals surface area contributed by atoms with Gasteiger partial charge in [0, 0.05) is 12.1 Å². The van der Waals surface area contributed by atoms with Gasteiger partial charge in [-0.1, -0.05) is 0 Å². The topological polar surface area (TPSA) is 99.4 Å². The number of rotatable bonds is 3. The van der Waals surface area contributed by atoms with E-state index in [1.54, 1.807) is 11.0 Å². The first-order valence-corrected chi connectivity index (χ1v) is 7.21. The number of aryl methyl sites for hydroxylation is 1. The van der Waals surface area contributed by atoms with Gasteiger partial charge in [-0.25, -0.2) is 4.79 Å². The van der Waals surface area contributed by atoms with Crippen molar-refractivity contribution in [3.05, 3.63) is 41.1 Å². The highest BCUT2D eigenvalue weighted by Gasteiger charge is 2.34. The van der Waals surface area contributed by atoms with Crippen molar-refractivity contribution in [2.75, 3.05) is 6.54 Å². The zero-order valence-electron chi connectivity index (χ0n) is 12.2. The number of carboxylic acid groups (broad SMARTS) is 1. The van der Waals surface area contributed by atoms with E-state index in [0.29, 0.717) is 24.4 Å². The summed E-state index contributed by atoms with van der Waals surface area (Å²) in [5.41, 5.74) is 1.36. The average Bonchev–Trinajstić information content (AvgIpc) is 3.15. The fourth-order valence-electron chi connectivity index (χ4n) is 2.92. The molecule has 2 N–H and O–H groups in total. The predicted molar refractivity (Wildman–Crippen MR) is 76.6 cm³/mol. The number of nitrogens with one attached hydrogen (secondary N) is 1. The molecule has 1 amide bonds. The third-order valence-corrected chi connectivity index (χ3v) is 4.05. The van der Waals surface area contributed by atoms with E-state index in [2.05, 4.69) is 10.2 Å². The van der Waals surface area contributed by atoms with Gasteiger partial charge in [0.2, 0.25) is 0 Å². The minimum absolute atomic E-state index is 0.112. The van der Waals surface area contributed by atoms with Crippen molar-refractivity contribution >= 4 is 11.9 Å². The fourth-order valence-corrected chi connectivity index (χ4v) is 2.92. The van der Waals surface area contributed by atoms with Crippen LogP contribution >= 0.6 is 0 Å². The molecule has 7 nitrogen and oxygen atoms in total. The zero-order chi connectivity index (χ0) is 15.7. The van der Waals surface area contributed by atoms with Crippen LogP contribution in [0.4, 0.5) is 0 Å². The summed E-state index contributed by atoms with van der Waals surface area (Å²) in [6, 6.07) is 1.42. The van der Waals surface area contributed by atoms with Gasteiger partial charge in [0.05, 0.1) is 24.2 Å². The highest BCUT2D eigenvalue weighted by atomic mass is 16.4. The predicted octanol–water partition coefficient (Wildman–Crippen LogP) is 2.38. The third kappa shape index (κ3) is 2.38. The molecule has 116 valence electrons. The van der Waals surface area contributed by atoms with Crippen LogP contribution in [0.3, 0.4) is 0 Å². The standard InChI is InChI=1S/C15H17N3O4/c1-9-5-7-22-13(9)14(19)18-6-3-2-4-11(18)12-10(15(20)21)8-16-17-12/h5,7-8,11H,2-4,6H2,1H3,(H,16,17)(H,20,21). The first-order valence-electron chi connectivity index (χ1n) is 7.21. The quantitative estimate of drug-likeness (QED) is 0.906. The number of piperidine rings is 1. The summed E-state index contributed by atoms with van der Waals surface area (Å²) < 4.78 is 5.29. The Hall–Kier alpha value is -2.57. The molecule has 1 saturated heterocycles. The zero-order valence-corrected chi connectivity index (χ0v) is 12.2. The summed E-state index contributed by atoms with van der Waals surface area (Å²) in [6.45, 7) is 2.39. The van der Waals surface area contributed by atoms with Gasteiger partial charge in [0.1, 0.15) is 5.56 Å². The molecule has 22 heavy (non-hydrogen) atoms. The van der Waals surface area contributed by atoms with E-state index in [1.165, 1.54) is 12.5 Å². The number of hydrogen-bond acceptors (Lipinski definition) is 4. The van der Waals surface area contributed by atoms with E-state index in [1.807, 2.05) is 6.92 Å². The molecule has 1 fully saturated rings. The minimum Gasteiger partial charge on any atom is -0.478 e. The monoisotopic (exact) mass is 303 g/mol. The highest BCUT2D eigenvalue weighted by molar-refractivity contribution is 5.94. The Bertz CT molecular complexity index is 703. The molecule has 1 unspecified atom stereocenters. The molecule has 1 aliphatic heterocycles. The van der Waals surface area contributed by atoms with Gasteiger partial charge in [-0.05, 0) is 32.3 Å². The molecule has 7 heteroatoms. The molecule has 2 aromatic heterocycles. The lowest BCUT2D eigenvalue weighted by Crippen LogP contribution is -2.39. The molecule has 1 aliphatic rings. The molecule has 0 radical (unpaired) electrons. The normalized spacial score (nSPS) is 18.4. The van der Waals surface area contributed by atoms with Crippen LogP contribution in [0.25, 0.3) is 0 Å². The largest absolute Gasteiger partial charge is 0.478 e. The van der Waals surface area contributed by atoms with E-state index in [-0.39, 0.29) is 17.5 Å². The lowest BCUT2D eigenvalue weighted by molar-refractivity contribution is 0.0560. The van der Waals surface area contributed by atoms with Crippen molar-refractivity contribution < 1.29 is 19.1 Å². The summed E-state index contributed by atoms with van der Waals surface area (Å²) in [7, 11) is 0. The van der Waals surface area contributed by atoms with Crippen LogP contribution in [0.1, 0.15) is 57.5 Å². The van der Waals surface area contributed by atoms with Crippen molar-refractivity contribution in [1.82, 2.24) is 15.1 Å². The molecule has 2 aromatic rings. The smallest absolute Gasteiger partial charge is 0.339 e. The highest BCUT2D eigenvalue weighted by Crippen LogP contribution is 2.33. The molecule has 0 aromatic carbocycles. The maximum atomic E-state index is 12.7. The number of hydrogen-bond donors (Lipinski definition) is 2. The number of aromatic amines is 1. The van der Waals surface area contributed by atoms with Crippen molar-refractivity contribution in [2.24, 2.45) is 0 Å². The van der Waals surface area contributed by atoms with Gasteiger partial charge in [0.15, 0.2) is 5.76 Å². The second kappa shape index (κ2) is 5.67. The number of carbonyl (C=O) groups excluding carboxylic acids is 1. The summed E-state index contributed by atoms with van der Waals surface area (Å²) in [5, 5.41) is 15.8. The van der Waals surface area contributed by atoms with Crippen molar-refractivity contribution in [1.29, 1.82) is 0 Å². The van der Waals surface area contributed by atoms with Crippen LogP contribution < -0.4 is 0 Å². The van der Waals surface area contributed by atoms with E-state index < -0.39 is 5.97 Å². The Morgan fingerprint density at radius 1 is 1.45 bits per heavy atom. The number of carbonyl (C=O) groups is 2. The molecule has 3 rings (SSSR count). The third-order valence-electron chi connectivity index (χ3n) is 4.05. The number of carboxylic acids is 1. The van der Waals surface area contributed by atoms with Crippen LogP contribution in [-0.2, 0) is 0 Å². The number of amides is 1. The second-order valence-corrected chi connectivity index (χ2v) is 5.45. The molecule has 0 saturated carbocycles. The Kier molecular flexibility index (Phi) is 3.70. The van der Waals surface area contributed by atoms with Crippen LogP contribution in [0.15, 0.2) is 22.9 Å². The van der Waals surface area contributed by atoms with Crippen molar-refractivity contribution in [3.8, 4) is 0 Å². The van der Waals surface area contributed by atoms with Crippen LogP contribution in [0, 0.1) is 6.92 Å². The molecule has 1 atom stereocenters. The van der Waals surface area contributed by atoms with Crippen molar-refractivity contribution in [3.63, 3.8) is 0 Å². The molecule has 0 spiro atoms. The number of aromatic carboxylic acids is 1. The number of furan rings is 1. The summed E-state index contributed by atoms with van der Waals surface area (Å²) >= 11 is 0. The molecular formula is C15H17N3O4. The van der Waals surface area contributed by atoms with Gasteiger partial charge in [0.25, 0.3) is 5.91 Å². The van der Waals surface area contributed by atoms with Gasteiger partial charge >= 0.3 is 5.97 Å². The Balaban J connectivity index is 1.95. The van der Waals surface area contributed by atoms with E-state index in [4.69, 9.17) is 4.42 Å². The van der Waals surface area contributed by atoms with E-state index in [9.17, 15) is 14.7 Å². The number of nitrogens with zero attached hydrogens (tertiary/aromatic N) is 2. The Morgan fingerprint density at radius 2 is 2.27 bits per heavy atom. The SMILES string of the molecule is Cc1ccoc1C(=O)N1CCCCC1c1[nH]ncc1C(=O)O. The lowest BCUT2D eigenvalue weighted by Gasteiger charge is -2.35. The lowest BCUT2D eigenvalue weighted by atomic mass is 9.96. The van der Waals surface area contributed by atoms with E-state index >= 15 is 0 Å². The molecule has 3 heterocycles. The Labute approximate surface area is 126 Å². The summed E-state index contributed by atoms with van der Waals surface area (Å²) in [4.78, 5) is 25.7. The first kappa shape index (κ1) is 14.4. The molecule has 0 bridgehead atoms. The van der Waals surface area contributed by atoms with Crippen LogP contribution in [0.2, 0.25) is 0 Å². The van der Waals surface area contributed by atoms with Crippen molar-refractivity contribution in [2.45, 2.75) is 32.2 Å². The number of H-pyrrole nitrogens is 1. The van der Waals surface area contributed by atoms with Gasteiger partial charge < -0.3 is 14.4 Å². The fraction of sp³-hybridized carbons (Fsp3) is 0.400. The molecule has 0 aliphatic carbocycles. The second-order valence-electron chi connectivity index (χ2n) is 5.45. The average molecular weight is 303 g/mol. The van der Waals surface area contributed by atoms with E-state index in [0.717, 1.165) is 18.4 Å². The number of aromatic nitrogens is 2. The maximum Gasteiger partial charge on any atom is 0.339 e. The van der Waals surface area contributed by atoms with Gasteiger partial charge in [-0.3, -0.25) is 9.89 Å². The summed E-state index contributed by atoms with van der Waals surface area (Å²) in [5.74, 6) is -0.947. The van der Waals surface area contributed by atoms with Gasteiger partial charge in [-0.15, -0.1) is 0 Å². The minimum atomic E-state index is -1.05. The summed E-state index contributed by atoms with van der Waals surface area (Å²) in [6.07, 6.45) is 5.30. The maximum absolute atomic E-state index is 12.7. The molecular weight excluding hydrogens is 286 g/mol. The number of likely N-dealkylation sites (tertiary alicyclic amines) is 1.